The number of likely N-dealkylation sites (tertiary alicyclic amines) is 1. The van der Waals surface area contributed by atoms with Crippen LogP contribution in [-0.2, 0) is 4.74 Å². The molecule has 1 rings (SSSR count). The number of halogens is 1. The fraction of sp³-hybridized carbons (Fsp3) is 0.818. The molecule has 2 N–H and O–H groups in total. The molecule has 1 amide bonds. The summed E-state index contributed by atoms with van der Waals surface area (Å²) >= 11 is 4.19. The van der Waals surface area contributed by atoms with Gasteiger partial charge >= 0.3 is 11.5 Å². The number of hydrogen-bond acceptors (Lipinski definition) is 4. The fourth-order valence-electron chi connectivity index (χ4n) is 1.37. The quantitative estimate of drug-likeness (QED) is 0.665. The average molecular weight is 282 g/mol. The monoisotopic (exact) mass is 281 g/mol. The highest BCUT2D eigenvalue weighted by Crippen LogP contribution is 2.14. The topological polar surface area (TPSA) is 87.1 Å². The van der Waals surface area contributed by atoms with Gasteiger partial charge in [0.1, 0.15) is 5.60 Å². The predicted molar refractivity (Wildman–Crippen MR) is 66.9 cm³/mol. The highest BCUT2D eigenvalue weighted by atomic mass is 35.5. The summed E-state index contributed by atoms with van der Waals surface area (Å²) in [5.74, 6) is 0. The Labute approximate surface area is 111 Å². The third-order valence-corrected chi connectivity index (χ3v) is 2.12. The minimum atomic E-state index is -1.36. The number of aliphatic hydroxyl groups is 1. The number of nitrogens with zero attached hydrogens (tertiary/aromatic N) is 1. The van der Waals surface area contributed by atoms with Gasteiger partial charge in [-0.15, -0.1) is 0 Å². The minimum absolute atomic E-state index is 0.256. The van der Waals surface area contributed by atoms with Crippen LogP contribution in [0.3, 0.4) is 0 Å². The number of piperidine rings is 1. The molecule has 0 aliphatic carbocycles. The van der Waals surface area contributed by atoms with Gasteiger partial charge in [0, 0.05) is 24.7 Å². The second kappa shape index (κ2) is 7.43. The number of amides is 1. The molecule has 0 spiro atoms. The summed E-state index contributed by atoms with van der Waals surface area (Å²) in [5.41, 5.74) is -1.80. The first kappa shape index (κ1) is 17.0. The van der Waals surface area contributed by atoms with Gasteiger partial charge in [-0.05, 0) is 33.6 Å². The molecule has 1 heterocycles. The number of ether oxygens (including phenoxy) is 1. The van der Waals surface area contributed by atoms with Gasteiger partial charge in [0.25, 0.3) is 0 Å². The summed E-state index contributed by atoms with van der Waals surface area (Å²) in [6.07, 6.45) is 0.775. The number of aliphatic hydroxyl groups excluding tert-OH is 1. The molecule has 0 bridgehead atoms. The normalized spacial score (nSPS) is 16.6. The Morgan fingerprint density at radius 1 is 1.28 bits per heavy atom. The Kier molecular flexibility index (Phi) is 7.01. The Balaban J connectivity index is 0.000000631. The summed E-state index contributed by atoms with van der Waals surface area (Å²) in [6, 6.07) is 0. The van der Waals surface area contributed by atoms with Crippen molar-refractivity contribution in [1.29, 1.82) is 0 Å². The van der Waals surface area contributed by atoms with E-state index in [1.807, 2.05) is 20.8 Å². The summed E-state index contributed by atoms with van der Waals surface area (Å²) in [6.45, 7) is 6.74. The van der Waals surface area contributed by atoms with Crippen LogP contribution in [0.25, 0.3) is 0 Å². The molecule has 106 valence electrons. The molecule has 7 heteroatoms. The number of rotatable bonds is 0. The molecule has 1 saturated heterocycles. The molecule has 1 fully saturated rings. The zero-order valence-electron chi connectivity index (χ0n) is 10.9. The van der Waals surface area contributed by atoms with Crippen LogP contribution in [0.5, 0.6) is 0 Å². The van der Waals surface area contributed by atoms with Crippen molar-refractivity contribution < 1.29 is 24.5 Å². The molecule has 1 aliphatic rings. The van der Waals surface area contributed by atoms with Crippen LogP contribution in [0.15, 0.2) is 0 Å². The lowest BCUT2D eigenvalue weighted by Crippen LogP contribution is -2.42. The molecular weight excluding hydrogens is 262 g/mol. The van der Waals surface area contributed by atoms with Crippen LogP contribution < -0.4 is 0 Å². The highest BCUT2D eigenvalue weighted by Gasteiger charge is 2.25. The van der Waals surface area contributed by atoms with Gasteiger partial charge in [-0.2, -0.15) is 0 Å². The molecule has 0 aromatic carbocycles. The predicted octanol–water partition coefficient (Wildman–Crippen LogP) is 2.28. The van der Waals surface area contributed by atoms with E-state index in [9.17, 15) is 9.90 Å². The molecule has 0 unspecified atom stereocenters. The van der Waals surface area contributed by atoms with Crippen LogP contribution in [-0.4, -0.2) is 51.4 Å². The lowest BCUT2D eigenvalue weighted by molar-refractivity contribution is 0.0101. The molecule has 0 saturated carbocycles. The van der Waals surface area contributed by atoms with Crippen molar-refractivity contribution in [3.05, 3.63) is 0 Å². The second-order valence-electron chi connectivity index (χ2n) is 4.95. The van der Waals surface area contributed by atoms with Gasteiger partial charge < -0.3 is 19.8 Å². The molecule has 0 radical (unpaired) electrons. The lowest BCUT2D eigenvalue weighted by atomic mass is 10.1. The molecule has 6 nitrogen and oxygen atoms in total. The maximum Gasteiger partial charge on any atom is 0.410 e. The number of carbonyl (C=O) groups is 2. The second-order valence-corrected chi connectivity index (χ2v) is 5.27. The van der Waals surface area contributed by atoms with Gasteiger partial charge in [-0.25, -0.2) is 9.59 Å². The van der Waals surface area contributed by atoms with Gasteiger partial charge in [0.2, 0.25) is 0 Å². The van der Waals surface area contributed by atoms with Crippen LogP contribution in [0.1, 0.15) is 33.6 Å². The van der Waals surface area contributed by atoms with Crippen molar-refractivity contribution in [3.63, 3.8) is 0 Å². The van der Waals surface area contributed by atoms with E-state index < -0.39 is 11.0 Å². The minimum Gasteiger partial charge on any atom is -0.469 e. The first-order valence-electron chi connectivity index (χ1n) is 5.66. The Hall–Kier alpha value is -1.01. The van der Waals surface area contributed by atoms with E-state index in [4.69, 9.17) is 14.6 Å². The van der Waals surface area contributed by atoms with Crippen LogP contribution in [0, 0.1) is 0 Å². The standard InChI is InChI=1S/C10H19NO3.CHClO2/c1-10(2,3)14-9(13)11-6-4-8(12)5-7-11;2-1(3)4/h8,12H,4-7H2,1-3H3;(H,3,4). The summed E-state index contributed by atoms with van der Waals surface area (Å²) in [7, 11) is 0. The van der Waals surface area contributed by atoms with E-state index >= 15 is 0 Å². The maximum absolute atomic E-state index is 11.5. The van der Waals surface area contributed by atoms with E-state index in [0.29, 0.717) is 25.9 Å². The Morgan fingerprint density at radius 2 is 1.67 bits per heavy atom. The van der Waals surface area contributed by atoms with E-state index in [1.165, 1.54) is 0 Å². The third kappa shape index (κ3) is 9.07. The van der Waals surface area contributed by atoms with Crippen molar-refractivity contribution in [2.75, 3.05) is 13.1 Å². The smallest absolute Gasteiger partial charge is 0.410 e. The molecular formula is C11H20ClNO5. The molecule has 1 aliphatic heterocycles. The third-order valence-electron chi connectivity index (χ3n) is 2.12. The maximum atomic E-state index is 11.5. The molecule has 0 aromatic heterocycles. The van der Waals surface area contributed by atoms with Crippen molar-refractivity contribution >= 4 is 23.1 Å². The van der Waals surface area contributed by atoms with Crippen LogP contribution in [0.4, 0.5) is 9.59 Å². The van der Waals surface area contributed by atoms with Gasteiger partial charge in [-0.1, -0.05) is 0 Å². The van der Waals surface area contributed by atoms with E-state index in [-0.39, 0.29) is 12.2 Å². The fourth-order valence-corrected chi connectivity index (χ4v) is 1.37. The molecule has 18 heavy (non-hydrogen) atoms. The van der Waals surface area contributed by atoms with E-state index in [1.54, 1.807) is 4.90 Å². The number of carbonyl (C=O) groups excluding carboxylic acids is 1. The highest BCUT2D eigenvalue weighted by molar-refractivity contribution is 6.60. The number of carboxylic acid groups (broad SMARTS) is 1. The Morgan fingerprint density at radius 3 is 2.00 bits per heavy atom. The summed E-state index contributed by atoms with van der Waals surface area (Å²) in [4.78, 5) is 22.0. The van der Waals surface area contributed by atoms with Crippen molar-refractivity contribution in [2.24, 2.45) is 0 Å². The van der Waals surface area contributed by atoms with Crippen molar-refractivity contribution in [3.8, 4) is 0 Å². The van der Waals surface area contributed by atoms with Crippen LogP contribution in [0.2, 0.25) is 0 Å². The lowest BCUT2D eigenvalue weighted by Gasteiger charge is -2.31. The first-order chi connectivity index (χ1) is 8.11. The molecule has 0 atom stereocenters. The summed E-state index contributed by atoms with van der Waals surface area (Å²) in [5, 5.41) is 16.4. The van der Waals surface area contributed by atoms with Crippen molar-refractivity contribution in [1.82, 2.24) is 4.90 Å². The van der Waals surface area contributed by atoms with Gasteiger partial charge in [-0.3, -0.25) is 0 Å². The van der Waals surface area contributed by atoms with Crippen LogP contribution >= 0.6 is 11.6 Å². The average Bonchev–Trinajstić information content (AvgIpc) is 2.14. The summed E-state index contributed by atoms with van der Waals surface area (Å²) < 4.78 is 5.22. The number of hydrogen-bond donors (Lipinski definition) is 2. The zero-order chi connectivity index (χ0) is 14.3. The molecule has 0 aromatic rings. The van der Waals surface area contributed by atoms with Gasteiger partial charge in [0.15, 0.2) is 0 Å². The van der Waals surface area contributed by atoms with Crippen molar-refractivity contribution in [2.45, 2.75) is 45.3 Å². The SMILES string of the molecule is CC(C)(C)OC(=O)N1CCC(O)CC1.O=C(O)Cl. The first-order valence-corrected chi connectivity index (χ1v) is 6.04. The Bertz CT molecular complexity index is 278. The van der Waals surface area contributed by atoms with E-state index in [2.05, 4.69) is 11.6 Å². The van der Waals surface area contributed by atoms with Gasteiger partial charge in [0.05, 0.1) is 6.10 Å². The zero-order valence-corrected chi connectivity index (χ0v) is 11.6. The largest absolute Gasteiger partial charge is 0.469 e. The van der Waals surface area contributed by atoms with E-state index in [0.717, 1.165) is 0 Å².